The molecule has 0 saturated carbocycles. The molecule has 1 atom stereocenters. The average Bonchev–Trinajstić information content (AvgIpc) is 2.91. The highest BCUT2D eigenvalue weighted by Gasteiger charge is 2.30. The fourth-order valence-corrected chi connectivity index (χ4v) is 4.88. The largest absolute Gasteiger partial charge is 0.481 e. The maximum Gasteiger partial charge on any atom is 0.221 e. The predicted octanol–water partition coefficient (Wildman–Crippen LogP) is 0.832. The normalized spacial score (nSPS) is 19.2. The van der Waals surface area contributed by atoms with Crippen LogP contribution in [0.15, 0.2) is 6.07 Å². The highest BCUT2D eigenvalue weighted by Crippen LogP contribution is 2.20. The number of ether oxygens (including phenoxy) is 1. The molecule has 1 aliphatic heterocycles. The molecule has 0 aliphatic carbocycles. The van der Waals surface area contributed by atoms with Crippen LogP contribution in [0.3, 0.4) is 0 Å². The van der Waals surface area contributed by atoms with Gasteiger partial charge >= 0.3 is 0 Å². The second-order valence-corrected chi connectivity index (χ2v) is 8.86. The molecule has 1 saturated heterocycles. The third kappa shape index (κ3) is 5.40. The smallest absolute Gasteiger partial charge is 0.221 e. The van der Waals surface area contributed by atoms with E-state index in [1.807, 2.05) is 31.9 Å². The van der Waals surface area contributed by atoms with Crippen LogP contribution in [0.5, 0.6) is 5.88 Å². The molecule has 25 heavy (non-hydrogen) atoms. The number of amides is 1. The van der Waals surface area contributed by atoms with Gasteiger partial charge < -0.3 is 15.0 Å². The van der Waals surface area contributed by atoms with Crippen molar-refractivity contribution >= 4 is 15.7 Å². The number of sulfone groups is 1. The molecule has 8 heteroatoms. The Morgan fingerprint density at radius 2 is 2.16 bits per heavy atom. The van der Waals surface area contributed by atoms with E-state index < -0.39 is 9.84 Å². The van der Waals surface area contributed by atoms with Crippen molar-refractivity contribution in [2.24, 2.45) is 0 Å². The number of methoxy groups -OCH3 is 1. The van der Waals surface area contributed by atoms with Crippen molar-refractivity contribution in [2.45, 2.75) is 39.3 Å². The molecule has 2 rings (SSSR count). The van der Waals surface area contributed by atoms with Gasteiger partial charge in [-0.05, 0) is 38.9 Å². The molecule has 0 radical (unpaired) electrons. The van der Waals surface area contributed by atoms with E-state index in [4.69, 9.17) is 4.74 Å². The summed E-state index contributed by atoms with van der Waals surface area (Å²) in [6.07, 6.45) is 0.972. The molecule has 1 amide bonds. The zero-order chi connectivity index (χ0) is 18.6. The van der Waals surface area contributed by atoms with Crippen LogP contribution >= 0.6 is 0 Å². The number of nitrogens with one attached hydrogen (secondary N) is 1. The third-order valence-electron chi connectivity index (χ3n) is 4.62. The number of aryl methyl sites for hydroxylation is 2. The second kappa shape index (κ2) is 8.14. The minimum atomic E-state index is -2.90. The highest BCUT2D eigenvalue weighted by molar-refractivity contribution is 7.91. The molecule has 7 nitrogen and oxygen atoms in total. The van der Waals surface area contributed by atoms with E-state index in [0.29, 0.717) is 31.8 Å². The first-order valence-corrected chi connectivity index (χ1v) is 10.2. The quantitative estimate of drug-likeness (QED) is 0.766. The van der Waals surface area contributed by atoms with Crippen molar-refractivity contribution in [1.29, 1.82) is 0 Å². The molecule has 1 fully saturated rings. The lowest BCUT2D eigenvalue weighted by atomic mass is 10.1. The van der Waals surface area contributed by atoms with Gasteiger partial charge in [-0.2, -0.15) is 0 Å². The van der Waals surface area contributed by atoms with Crippen LogP contribution in [-0.2, 0) is 21.2 Å². The summed E-state index contributed by atoms with van der Waals surface area (Å²) in [5.74, 6) is 0.894. The third-order valence-corrected chi connectivity index (χ3v) is 6.37. The monoisotopic (exact) mass is 369 g/mol. The minimum absolute atomic E-state index is 0.0152. The number of carbonyl (C=O) groups excluding carboxylic acids is 1. The minimum Gasteiger partial charge on any atom is -0.481 e. The van der Waals surface area contributed by atoms with E-state index in [1.165, 1.54) is 0 Å². The van der Waals surface area contributed by atoms with E-state index in [1.54, 1.807) is 7.11 Å². The van der Waals surface area contributed by atoms with Gasteiger partial charge in [0.2, 0.25) is 11.8 Å². The Bertz CT molecular complexity index is 734. The van der Waals surface area contributed by atoms with Gasteiger partial charge in [-0.3, -0.25) is 4.79 Å². The van der Waals surface area contributed by atoms with Crippen LogP contribution in [-0.4, -0.2) is 62.5 Å². The van der Waals surface area contributed by atoms with Gasteiger partial charge in [-0.1, -0.05) is 0 Å². The Morgan fingerprint density at radius 3 is 2.76 bits per heavy atom. The molecular weight excluding hydrogens is 342 g/mol. The topological polar surface area (TPSA) is 88.6 Å². The van der Waals surface area contributed by atoms with E-state index in [-0.39, 0.29) is 23.5 Å². The summed E-state index contributed by atoms with van der Waals surface area (Å²) in [4.78, 5) is 18.4. The van der Waals surface area contributed by atoms with Crippen molar-refractivity contribution < 1.29 is 17.9 Å². The van der Waals surface area contributed by atoms with E-state index in [2.05, 4.69) is 10.3 Å². The van der Waals surface area contributed by atoms with Crippen molar-refractivity contribution in [3.63, 3.8) is 0 Å². The highest BCUT2D eigenvalue weighted by atomic mass is 32.2. The van der Waals surface area contributed by atoms with Crippen molar-refractivity contribution in [3.8, 4) is 5.88 Å². The van der Waals surface area contributed by atoms with Crippen molar-refractivity contribution in [3.05, 3.63) is 22.9 Å². The fraction of sp³-hybridized carbons (Fsp3) is 0.647. The Hall–Kier alpha value is -1.67. The standard InChI is InChI=1S/C17H27N3O4S/c1-12-9-13(2)19-17(24-4)15(12)10-18-16(21)5-7-20(3)14-6-8-25(22,23)11-14/h9,14H,5-8,10-11H2,1-4H3,(H,18,21). The van der Waals surface area contributed by atoms with Gasteiger partial charge in [0.25, 0.3) is 0 Å². The summed E-state index contributed by atoms with van der Waals surface area (Å²) in [5.41, 5.74) is 2.77. The van der Waals surface area contributed by atoms with Crippen LogP contribution in [0.2, 0.25) is 0 Å². The summed E-state index contributed by atoms with van der Waals surface area (Å²) >= 11 is 0. The van der Waals surface area contributed by atoms with Crippen LogP contribution in [0.25, 0.3) is 0 Å². The van der Waals surface area contributed by atoms with Gasteiger partial charge in [0.1, 0.15) is 0 Å². The summed E-state index contributed by atoms with van der Waals surface area (Å²) in [6, 6.07) is 1.97. The number of rotatable bonds is 7. The van der Waals surface area contributed by atoms with Gasteiger partial charge in [0, 0.05) is 36.8 Å². The van der Waals surface area contributed by atoms with Gasteiger partial charge in [0.15, 0.2) is 9.84 Å². The molecule has 1 N–H and O–H groups in total. The second-order valence-electron chi connectivity index (χ2n) is 6.63. The molecule has 0 aromatic carbocycles. The molecule has 2 heterocycles. The molecule has 1 aromatic heterocycles. The summed E-state index contributed by atoms with van der Waals surface area (Å²) in [7, 11) is 0.533. The Morgan fingerprint density at radius 1 is 1.44 bits per heavy atom. The molecule has 0 bridgehead atoms. The summed E-state index contributed by atoms with van der Waals surface area (Å²) in [6.45, 7) is 4.76. The zero-order valence-corrected chi connectivity index (χ0v) is 16.1. The fourth-order valence-electron chi connectivity index (χ4n) is 3.07. The molecule has 140 valence electrons. The number of pyridine rings is 1. The number of hydrogen-bond donors (Lipinski definition) is 1. The predicted molar refractivity (Wildman–Crippen MR) is 96.4 cm³/mol. The SMILES string of the molecule is COc1nc(C)cc(C)c1CNC(=O)CCN(C)C1CCS(=O)(=O)C1. The van der Waals surface area contributed by atoms with Crippen molar-refractivity contribution in [2.75, 3.05) is 32.2 Å². The number of hydrogen-bond acceptors (Lipinski definition) is 6. The van der Waals surface area contributed by atoms with Crippen molar-refractivity contribution in [1.82, 2.24) is 15.2 Å². The zero-order valence-electron chi connectivity index (χ0n) is 15.3. The van der Waals surface area contributed by atoms with Crippen LogP contribution in [0.4, 0.5) is 0 Å². The average molecular weight is 369 g/mol. The summed E-state index contributed by atoms with van der Waals surface area (Å²) < 4.78 is 28.4. The summed E-state index contributed by atoms with van der Waals surface area (Å²) in [5, 5.41) is 2.89. The molecular formula is C17H27N3O4S. The lowest BCUT2D eigenvalue weighted by Crippen LogP contribution is -2.36. The van der Waals surface area contributed by atoms with Gasteiger partial charge in [0.05, 0.1) is 18.6 Å². The lowest BCUT2D eigenvalue weighted by Gasteiger charge is -2.22. The lowest BCUT2D eigenvalue weighted by molar-refractivity contribution is -0.121. The first kappa shape index (κ1) is 19.7. The van der Waals surface area contributed by atoms with E-state index >= 15 is 0 Å². The van der Waals surface area contributed by atoms with Crippen LogP contribution in [0, 0.1) is 13.8 Å². The Labute approximate surface area is 149 Å². The Balaban J connectivity index is 1.83. The van der Waals surface area contributed by atoms with Crippen LogP contribution < -0.4 is 10.1 Å². The Kier molecular flexibility index (Phi) is 6.40. The molecule has 0 spiro atoms. The maximum atomic E-state index is 12.1. The van der Waals surface area contributed by atoms with Gasteiger partial charge in [-0.25, -0.2) is 13.4 Å². The van der Waals surface area contributed by atoms with E-state index in [0.717, 1.165) is 16.8 Å². The number of aromatic nitrogens is 1. The maximum absolute atomic E-state index is 12.1. The van der Waals surface area contributed by atoms with E-state index in [9.17, 15) is 13.2 Å². The first-order valence-electron chi connectivity index (χ1n) is 8.40. The number of nitrogens with zero attached hydrogens (tertiary/aromatic N) is 2. The molecule has 1 aromatic rings. The molecule has 1 aliphatic rings. The number of carbonyl (C=O) groups is 1. The van der Waals surface area contributed by atoms with Gasteiger partial charge in [-0.15, -0.1) is 0 Å². The first-order chi connectivity index (χ1) is 11.7. The molecule has 1 unspecified atom stereocenters. The van der Waals surface area contributed by atoms with Crippen LogP contribution in [0.1, 0.15) is 29.7 Å².